The lowest BCUT2D eigenvalue weighted by atomic mass is 9.90. The number of hydrogen-bond donors (Lipinski definition) is 1. The zero-order valence-corrected chi connectivity index (χ0v) is 12.9. The van der Waals surface area contributed by atoms with Crippen LogP contribution in [-0.4, -0.2) is 48.1 Å². The van der Waals surface area contributed by atoms with E-state index in [1.807, 2.05) is 32.6 Å². The predicted octanol–water partition coefficient (Wildman–Crippen LogP) is 1.17. The van der Waals surface area contributed by atoms with Crippen molar-refractivity contribution in [2.45, 2.75) is 58.7 Å². The van der Waals surface area contributed by atoms with Crippen LogP contribution in [0.5, 0.6) is 0 Å². The van der Waals surface area contributed by atoms with Crippen LogP contribution in [0, 0.1) is 11.8 Å². The number of ether oxygens (including phenoxy) is 1. The summed E-state index contributed by atoms with van der Waals surface area (Å²) in [5.41, 5.74) is 0. The average Bonchev–Trinajstić information content (AvgIpc) is 2.40. The number of carbonyl (C=O) groups excluding carboxylic acids is 2. The summed E-state index contributed by atoms with van der Waals surface area (Å²) in [5, 5.41) is 2.90. The molecule has 2 aliphatic heterocycles. The summed E-state index contributed by atoms with van der Waals surface area (Å²) in [4.78, 5) is 27.0. The molecule has 2 fully saturated rings. The quantitative estimate of drug-likeness (QED) is 0.845. The van der Waals surface area contributed by atoms with Crippen molar-refractivity contribution in [2.75, 3.05) is 13.2 Å². The highest BCUT2D eigenvalue weighted by Gasteiger charge is 2.46. The number of carbonyl (C=O) groups is 2. The van der Waals surface area contributed by atoms with Crippen molar-refractivity contribution in [2.24, 2.45) is 11.8 Å². The fourth-order valence-corrected chi connectivity index (χ4v) is 3.15. The third kappa shape index (κ3) is 2.82. The summed E-state index contributed by atoms with van der Waals surface area (Å²) in [6.07, 6.45) is 1.88. The van der Waals surface area contributed by atoms with Crippen LogP contribution < -0.4 is 5.32 Å². The third-order valence-electron chi connectivity index (χ3n) is 4.21. The van der Waals surface area contributed by atoms with E-state index in [1.165, 1.54) is 0 Å². The monoisotopic (exact) mass is 282 g/mol. The molecule has 3 atom stereocenters. The van der Waals surface area contributed by atoms with Gasteiger partial charge in [0.05, 0.1) is 12.6 Å². The fourth-order valence-electron chi connectivity index (χ4n) is 3.15. The van der Waals surface area contributed by atoms with Gasteiger partial charge in [0.25, 0.3) is 0 Å². The van der Waals surface area contributed by atoms with Crippen LogP contribution in [0.4, 0.5) is 0 Å². The summed E-state index contributed by atoms with van der Waals surface area (Å²) in [7, 11) is 0. The summed E-state index contributed by atoms with van der Waals surface area (Å²) in [6, 6.07) is -0.737. The van der Waals surface area contributed by atoms with Crippen molar-refractivity contribution in [3.8, 4) is 0 Å². The first-order valence-corrected chi connectivity index (χ1v) is 7.63. The van der Waals surface area contributed by atoms with E-state index in [0.717, 1.165) is 19.4 Å². The van der Waals surface area contributed by atoms with Gasteiger partial charge in [0.1, 0.15) is 12.1 Å². The number of piperazine rings is 1. The highest BCUT2D eigenvalue weighted by molar-refractivity contribution is 5.97. The van der Waals surface area contributed by atoms with Crippen molar-refractivity contribution < 1.29 is 14.3 Å². The van der Waals surface area contributed by atoms with Crippen LogP contribution in [-0.2, 0) is 14.3 Å². The molecule has 0 aromatic rings. The van der Waals surface area contributed by atoms with Gasteiger partial charge >= 0.3 is 0 Å². The molecule has 2 aliphatic rings. The largest absolute Gasteiger partial charge is 0.379 e. The smallest absolute Gasteiger partial charge is 0.246 e. The zero-order valence-electron chi connectivity index (χ0n) is 12.9. The molecule has 2 heterocycles. The topological polar surface area (TPSA) is 58.6 Å². The average molecular weight is 282 g/mol. The predicted molar refractivity (Wildman–Crippen MR) is 76.1 cm³/mol. The standard InChI is InChI=1S/C15H26N2O3/c1-9(2)12-15(19)17(11-6-5-7-20-8-11)13(10(3)4)14(18)16-12/h9-13H,5-8H2,1-4H3,(H,16,18). The molecule has 0 saturated carbocycles. The van der Waals surface area contributed by atoms with Crippen molar-refractivity contribution in [3.63, 3.8) is 0 Å². The van der Waals surface area contributed by atoms with Crippen LogP contribution >= 0.6 is 0 Å². The Kier molecular flexibility index (Phi) is 4.68. The maximum absolute atomic E-state index is 12.8. The molecule has 0 aromatic heterocycles. The summed E-state index contributed by atoms with van der Waals surface area (Å²) >= 11 is 0. The molecule has 5 heteroatoms. The molecule has 0 radical (unpaired) electrons. The first-order valence-electron chi connectivity index (χ1n) is 7.63. The van der Waals surface area contributed by atoms with Gasteiger partial charge in [-0.25, -0.2) is 0 Å². The molecule has 2 rings (SSSR count). The van der Waals surface area contributed by atoms with Crippen LogP contribution in [0.3, 0.4) is 0 Å². The van der Waals surface area contributed by atoms with E-state index in [0.29, 0.717) is 6.61 Å². The minimum atomic E-state index is -0.403. The Balaban J connectivity index is 2.28. The first-order chi connectivity index (χ1) is 9.43. The second-order valence-corrected chi connectivity index (χ2v) is 6.54. The van der Waals surface area contributed by atoms with Gasteiger partial charge in [-0.15, -0.1) is 0 Å². The van der Waals surface area contributed by atoms with E-state index in [4.69, 9.17) is 4.74 Å². The Morgan fingerprint density at radius 2 is 1.90 bits per heavy atom. The molecule has 5 nitrogen and oxygen atoms in total. The van der Waals surface area contributed by atoms with Gasteiger partial charge in [-0.2, -0.15) is 0 Å². The Labute approximate surface area is 121 Å². The van der Waals surface area contributed by atoms with Gasteiger partial charge in [0.15, 0.2) is 0 Å². The van der Waals surface area contributed by atoms with Crippen LogP contribution in [0.15, 0.2) is 0 Å². The van der Waals surface area contributed by atoms with E-state index in [9.17, 15) is 9.59 Å². The molecule has 114 valence electrons. The lowest BCUT2D eigenvalue weighted by Crippen LogP contribution is -2.69. The maximum Gasteiger partial charge on any atom is 0.246 e. The Hall–Kier alpha value is -1.10. The van der Waals surface area contributed by atoms with E-state index in [1.54, 1.807) is 0 Å². The molecule has 0 spiro atoms. The van der Waals surface area contributed by atoms with Crippen molar-refractivity contribution in [3.05, 3.63) is 0 Å². The van der Waals surface area contributed by atoms with Crippen LogP contribution in [0.1, 0.15) is 40.5 Å². The summed E-state index contributed by atoms with van der Waals surface area (Å²) < 4.78 is 5.52. The van der Waals surface area contributed by atoms with Gasteiger partial charge in [-0.3, -0.25) is 9.59 Å². The zero-order chi connectivity index (χ0) is 14.9. The van der Waals surface area contributed by atoms with Gasteiger partial charge in [-0.05, 0) is 24.7 Å². The number of nitrogens with one attached hydrogen (secondary N) is 1. The van der Waals surface area contributed by atoms with Crippen molar-refractivity contribution in [1.82, 2.24) is 10.2 Å². The lowest BCUT2D eigenvalue weighted by molar-refractivity contribution is -0.158. The van der Waals surface area contributed by atoms with Gasteiger partial charge in [0.2, 0.25) is 11.8 Å². The van der Waals surface area contributed by atoms with E-state index in [2.05, 4.69) is 5.32 Å². The number of rotatable bonds is 3. The number of hydrogen-bond acceptors (Lipinski definition) is 3. The van der Waals surface area contributed by atoms with Gasteiger partial charge in [0, 0.05) is 6.61 Å². The van der Waals surface area contributed by atoms with E-state index >= 15 is 0 Å². The molecule has 3 unspecified atom stereocenters. The number of amides is 2. The second kappa shape index (κ2) is 6.12. The minimum Gasteiger partial charge on any atom is -0.379 e. The van der Waals surface area contributed by atoms with Gasteiger partial charge in [-0.1, -0.05) is 27.7 Å². The summed E-state index contributed by atoms with van der Waals surface area (Å²) in [6.45, 7) is 9.22. The molecular formula is C15H26N2O3. The molecule has 1 N–H and O–H groups in total. The molecule has 20 heavy (non-hydrogen) atoms. The minimum absolute atomic E-state index is 0.0242. The van der Waals surface area contributed by atoms with Crippen molar-refractivity contribution in [1.29, 1.82) is 0 Å². The molecule has 0 aromatic carbocycles. The van der Waals surface area contributed by atoms with E-state index < -0.39 is 6.04 Å². The van der Waals surface area contributed by atoms with E-state index in [-0.39, 0.29) is 35.7 Å². The third-order valence-corrected chi connectivity index (χ3v) is 4.21. The normalized spacial score (nSPS) is 31.9. The second-order valence-electron chi connectivity index (χ2n) is 6.54. The van der Waals surface area contributed by atoms with Gasteiger partial charge < -0.3 is 15.0 Å². The lowest BCUT2D eigenvalue weighted by Gasteiger charge is -2.46. The van der Waals surface area contributed by atoms with Crippen LogP contribution in [0.2, 0.25) is 0 Å². The molecular weight excluding hydrogens is 256 g/mol. The first kappa shape index (κ1) is 15.3. The van der Waals surface area contributed by atoms with Crippen molar-refractivity contribution >= 4 is 11.8 Å². The fraction of sp³-hybridized carbons (Fsp3) is 0.867. The van der Waals surface area contributed by atoms with Crippen LogP contribution in [0.25, 0.3) is 0 Å². The molecule has 0 aliphatic carbocycles. The Morgan fingerprint density at radius 3 is 2.40 bits per heavy atom. The molecule has 2 saturated heterocycles. The highest BCUT2D eigenvalue weighted by atomic mass is 16.5. The molecule has 2 amide bonds. The highest BCUT2D eigenvalue weighted by Crippen LogP contribution is 2.26. The maximum atomic E-state index is 12.8. The molecule has 0 bridgehead atoms. The number of nitrogens with zero attached hydrogens (tertiary/aromatic N) is 1. The SMILES string of the molecule is CC(C)C1NC(=O)C(C(C)C)N(C2CCCOC2)C1=O. The Morgan fingerprint density at radius 1 is 1.20 bits per heavy atom. The Bertz CT molecular complexity index is 375. The summed E-state index contributed by atoms with van der Waals surface area (Å²) in [5.74, 6) is 0.234.